The minimum atomic E-state index is -0.961. The van der Waals surface area contributed by atoms with Crippen molar-refractivity contribution in [1.82, 2.24) is 9.88 Å². The summed E-state index contributed by atoms with van der Waals surface area (Å²) in [4.78, 5) is 32.7. The van der Waals surface area contributed by atoms with Gasteiger partial charge in [0.15, 0.2) is 0 Å². The zero-order valence-electron chi connectivity index (χ0n) is 15.7. The van der Waals surface area contributed by atoms with Crippen LogP contribution in [0, 0.1) is 0 Å². The molecular weight excluding hydrogens is 434 g/mol. The molecule has 148 valence electrons. The Labute approximate surface area is 176 Å². The summed E-state index contributed by atoms with van der Waals surface area (Å²) < 4.78 is 0.888. The molecular formula is C22H20BrN3O3. The first-order valence-electron chi connectivity index (χ1n) is 9.45. The van der Waals surface area contributed by atoms with Crippen molar-refractivity contribution in [2.75, 3.05) is 18.0 Å². The van der Waals surface area contributed by atoms with E-state index >= 15 is 0 Å². The molecule has 29 heavy (non-hydrogen) atoms. The molecule has 1 fully saturated rings. The number of benzene rings is 2. The van der Waals surface area contributed by atoms with Crippen LogP contribution in [0.4, 0.5) is 10.6 Å². The van der Waals surface area contributed by atoms with E-state index in [0.29, 0.717) is 24.3 Å². The summed E-state index contributed by atoms with van der Waals surface area (Å²) >= 11 is 3.40. The molecule has 2 aromatic carbocycles. The van der Waals surface area contributed by atoms with E-state index in [1.807, 2.05) is 42.5 Å². The predicted molar refractivity (Wildman–Crippen MR) is 115 cm³/mol. The van der Waals surface area contributed by atoms with Gasteiger partial charge in [-0.15, -0.1) is 0 Å². The van der Waals surface area contributed by atoms with E-state index in [-0.39, 0.29) is 18.5 Å². The van der Waals surface area contributed by atoms with Crippen molar-refractivity contribution in [2.45, 2.75) is 18.9 Å². The molecule has 2 amide bonds. The van der Waals surface area contributed by atoms with Gasteiger partial charge in [0, 0.05) is 34.7 Å². The Morgan fingerprint density at radius 2 is 1.86 bits per heavy atom. The molecule has 2 heterocycles. The fourth-order valence-electron chi connectivity index (χ4n) is 3.80. The predicted octanol–water partition coefficient (Wildman–Crippen LogP) is 4.79. The summed E-state index contributed by atoms with van der Waals surface area (Å²) in [6, 6.07) is 16.6. The number of carbonyl (C=O) groups excluding carboxylic acids is 1. The van der Waals surface area contributed by atoms with Crippen LogP contribution in [-0.2, 0) is 0 Å². The van der Waals surface area contributed by atoms with E-state index in [2.05, 4.69) is 20.9 Å². The van der Waals surface area contributed by atoms with Gasteiger partial charge in [0.2, 0.25) is 0 Å². The van der Waals surface area contributed by atoms with Crippen LogP contribution in [0.25, 0.3) is 10.8 Å². The number of pyridine rings is 1. The summed E-state index contributed by atoms with van der Waals surface area (Å²) in [5.41, 5.74) is 0.537. The maximum atomic E-state index is 13.6. The maximum Gasteiger partial charge on any atom is 0.407 e. The average Bonchev–Trinajstić information content (AvgIpc) is 2.75. The van der Waals surface area contributed by atoms with Gasteiger partial charge in [0.05, 0.1) is 6.04 Å². The van der Waals surface area contributed by atoms with Gasteiger partial charge in [-0.3, -0.25) is 9.69 Å². The number of carbonyl (C=O) groups is 2. The third-order valence-corrected chi connectivity index (χ3v) is 5.75. The van der Waals surface area contributed by atoms with Crippen molar-refractivity contribution in [2.24, 2.45) is 0 Å². The molecule has 0 spiro atoms. The van der Waals surface area contributed by atoms with Crippen LogP contribution in [0.2, 0.25) is 0 Å². The first kappa shape index (κ1) is 19.4. The standard InChI is InChI=1S/C22H20BrN3O3/c23-17-9-7-16(8-10-17)21(27)26(18-5-3-13-25(14-18)22(28)29)20-19-6-2-1-4-15(19)11-12-24-20/h1-2,4,6-12,18H,3,5,13-14H2,(H,28,29)/t18-/m1/s1. The number of halogens is 1. The zero-order valence-corrected chi connectivity index (χ0v) is 17.2. The van der Waals surface area contributed by atoms with Gasteiger partial charge < -0.3 is 10.0 Å². The monoisotopic (exact) mass is 453 g/mol. The van der Waals surface area contributed by atoms with Crippen molar-refractivity contribution in [3.63, 3.8) is 0 Å². The molecule has 0 radical (unpaired) electrons. The largest absolute Gasteiger partial charge is 0.465 e. The lowest BCUT2D eigenvalue weighted by Crippen LogP contribution is -2.52. The Morgan fingerprint density at radius 3 is 2.62 bits per heavy atom. The fraction of sp³-hybridized carbons (Fsp3) is 0.227. The fourth-order valence-corrected chi connectivity index (χ4v) is 4.07. The minimum absolute atomic E-state index is 0.182. The second-order valence-corrected chi connectivity index (χ2v) is 7.98. The quantitative estimate of drug-likeness (QED) is 0.618. The van der Waals surface area contributed by atoms with E-state index < -0.39 is 6.09 Å². The van der Waals surface area contributed by atoms with Crippen LogP contribution in [0.1, 0.15) is 23.2 Å². The van der Waals surface area contributed by atoms with Crippen molar-refractivity contribution in [3.05, 3.63) is 70.8 Å². The summed E-state index contributed by atoms with van der Waals surface area (Å²) in [6.07, 6.45) is 2.15. The lowest BCUT2D eigenvalue weighted by Gasteiger charge is -2.38. The molecule has 1 atom stereocenters. The van der Waals surface area contributed by atoms with Crippen molar-refractivity contribution < 1.29 is 14.7 Å². The van der Waals surface area contributed by atoms with Crippen LogP contribution < -0.4 is 4.90 Å². The number of fused-ring (bicyclic) bond motifs is 1. The molecule has 0 aliphatic carbocycles. The highest BCUT2D eigenvalue weighted by Gasteiger charge is 2.33. The van der Waals surface area contributed by atoms with Gasteiger partial charge in [-0.1, -0.05) is 40.2 Å². The van der Waals surface area contributed by atoms with Crippen LogP contribution in [0.5, 0.6) is 0 Å². The Bertz CT molecular complexity index is 1050. The van der Waals surface area contributed by atoms with Gasteiger partial charge >= 0.3 is 6.09 Å². The zero-order chi connectivity index (χ0) is 20.4. The molecule has 3 aromatic rings. The van der Waals surface area contributed by atoms with Crippen molar-refractivity contribution in [1.29, 1.82) is 0 Å². The number of piperidine rings is 1. The number of likely N-dealkylation sites (tertiary alicyclic amines) is 1. The number of aromatic nitrogens is 1. The van der Waals surface area contributed by atoms with Crippen LogP contribution in [-0.4, -0.2) is 46.1 Å². The van der Waals surface area contributed by atoms with Gasteiger partial charge in [-0.2, -0.15) is 0 Å². The molecule has 1 N–H and O–H groups in total. The molecule has 6 nitrogen and oxygen atoms in total. The van der Waals surface area contributed by atoms with Gasteiger partial charge in [-0.05, 0) is 48.6 Å². The molecule has 0 saturated carbocycles. The highest BCUT2D eigenvalue weighted by Crippen LogP contribution is 2.30. The normalized spacial score (nSPS) is 16.6. The smallest absolute Gasteiger partial charge is 0.407 e. The summed E-state index contributed by atoms with van der Waals surface area (Å²) in [7, 11) is 0. The first-order valence-corrected chi connectivity index (χ1v) is 10.2. The van der Waals surface area contributed by atoms with Gasteiger partial charge in [0.1, 0.15) is 5.82 Å². The molecule has 1 aromatic heterocycles. The number of amides is 2. The summed E-state index contributed by atoms with van der Waals surface area (Å²) in [5, 5.41) is 11.3. The van der Waals surface area contributed by atoms with Crippen LogP contribution in [0.3, 0.4) is 0 Å². The molecule has 4 rings (SSSR count). The van der Waals surface area contributed by atoms with Gasteiger partial charge in [-0.25, -0.2) is 9.78 Å². The van der Waals surface area contributed by atoms with Crippen molar-refractivity contribution in [3.8, 4) is 0 Å². The topological polar surface area (TPSA) is 73.7 Å². The molecule has 0 bridgehead atoms. The first-order chi connectivity index (χ1) is 14.0. The van der Waals surface area contributed by atoms with E-state index in [0.717, 1.165) is 21.7 Å². The second kappa shape index (κ2) is 8.21. The number of nitrogens with zero attached hydrogens (tertiary/aromatic N) is 3. The highest BCUT2D eigenvalue weighted by atomic mass is 79.9. The van der Waals surface area contributed by atoms with Crippen LogP contribution in [0.15, 0.2) is 65.3 Å². The Morgan fingerprint density at radius 1 is 1.10 bits per heavy atom. The Balaban J connectivity index is 1.81. The third kappa shape index (κ3) is 3.96. The lowest BCUT2D eigenvalue weighted by molar-refractivity contribution is 0.0942. The summed E-state index contributed by atoms with van der Waals surface area (Å²) in [6.45, 7) is 0.748. The molecule has 7 heteroatoms. The van der Waals surface area contributed by atoms with E-state index in [4.69, 9.17) is 0 Å². The Hall–Kier alpha value is -2.93. The number of hydrogen-bond donors (Lipinski definition) is 1. The number of rotatable bonds is 3. The molecule has 1 aliphatic rings. The molecule has 0 unspecified atom stereocenters. The molecule has 1 aliphatic heterocycles. The van der Waals surface area contributed by atoms with Gasteiger partial charge in [0.25, 0.3) is 5.91 Å². The average molecular weight is 454 g/mol. The lowest BCUT2D eigenvalue weighted by atomic mass is 10.0. The maximum absolute atomic E-state index is 13.6. The van der Waals surface area contributed by atoms with E-state index in [1.54, 1.807) is 23.2 Å². The highest BCUT2D eigenvalue weighted by molar-refractivity contribution is 9.10. The number of anilines is 1. The van der Waals surface area contributed by atoms with E-state index in [1.165, 1.54) is 4.90 Å². The van der Waals surface area contributed by atoms with Crippen molar-refractivity contribution >= 4 is 44.5 Å². The minimum Gasteiger partial charge on any atom is -0.465 e. The van der Waals surface area contributed by atoms with E-state index in [9.17, 15) is 14.7 Å². The SMILES string of the molecule is O=C(O)N1CCC[C@@H](N(C(=O)c2ccc(Br)cc2)c2nccc3ccccc23)C1. The number of carboxylic acid groups (broad SMARTS) is 1. The summed E-state index contributed by atoms with van der Waals surface area (Å²) in [5.74, 6) is 0.381. The number of hydrogen-bond acceptors (Lipinski definition) is 3. The van der Waals surface area contributed by atoms with Crippen LogP contribution >= 0.6 is 15.9 Å². The Kier molecular flexibility index (Phi) is 5.49. The second-order valence-electron chi connectivity index (χ2n) is 7.06. The molecule has 1 saturated heterocycles. The third-order valence-electron chi connectivity index (χ3n) is 5.22.